The Labute approximate surface area is 178 Å². The van der Waals surface area contributed by atoms with Gasteiger partial charge in [0.15, 0.2) is 0 Å². The monoisotopic (exact) mass is 428 g/mol. The summed E-state index contributed by atoms with van der Waals surface area (Å²) in [6.45, 7) is 0.713. The van der Waals surface area contributed by atoms with Crippen molar-refractivity contribution in [3.8, 4) is 0 Å². The van der Waals surface area contributed by atoms with Gasteiger partial charge in [-0.2, -0.15) is 4.31 Å². The first-order valence-electron chi connectivity index (χ1n) is 10.4. The van der Waals surface area contributed by atoms with Crippen LogP contribution in [0.15, 0.2) is 41.4 Å². The van der Waals surface area contributed by atoms with Gasteiger partial charge in [-0.05, 0) is 67.5 Å². The summed E-state index contributed by atoms with van der Waals surface area (Å²) >= 11 is 0. The minimum absolute atomic E-state index is 0.0796. The number of carbonyl (C=O) groups excluding carboxylic acids is 1. The van der Waals surface area contributed by atoms with Gasteiger partial charge in [-0.15, -0.1) is 0 Å². The first-order valence-corrected chi connectivity index (χ1v) is 11.8. The van der Waals surface area contributed by atoms with Gasteiger partial charge in [-0.1, -0.05) is 6.07 Å². The Morgan fingerprint density at radius 1 is 1.10 bits per heavy atom. The molecule has 2 heterocycles. The first-order chi connectivity index (χ1) is 14.3. The average molecular weight is 429 g/mol. The van der Waals surface area contributed by atoms with Crippen molar-refractivity contribution in [2.75, 3.05) is 37.4 Å². The fourth-order valence-electron chi connectivity index (χ4n) is 4.18. The van der Waals surface area contributed by atoms with Crippen molar-refractivity contribution < 1.29 is 13.2 Å². The van der Waals surface area contributed by atoms with Gasteiger partial charge in [0.2, 0.25) is 15.9 Å². The number of sulfonamides is 1. The van der Waals surface area contributed by atoms with E-state index in [1.165, 1.54) is 9.87 Å². The van der Waals surface area contributed by atoms with Crippen LogP contribution < -0.4 is 10.2 Å². The number of nitrogens with one attached hydrogen (secondary N) is 1. The SMILES string of the molecule is CN(C)c1ccc(NC(=O)C2CCN(S(=O)(=O)c3ccc4c(c3)CCC4)CC2)cn1. The van der Waals surface area contributed by atoms with Crippen molar-refractivity contribution in [1.82, 2.24) is 9.29 Å². The van der Waals surface area contributed by atoms with Crippen LogP contribution in [0.4, 0.5) is 11.5 Å². The number of hydrogen-bond donors (Lipinski definition) is 1. The maximum Gasteiger partial charge on any atom is 0.243 e. The number of aromatic nitrogens is 1. The van der Waals surface area contributed by atoms with E-state index in [1.807, 2.05) is 43.3 Å². The molecule has 1 fully saturated rings. The van der Waals surface area contributed by atoms with Gasteiger partial charge in [-0.3, -0.25) is 4.79 Å². The number of aryl methyl sites for hydroxylation is 2. The standard InChI is InChI=1S/C22H28N4O3S/c1-25(2)21-9-7-19(15-23-21)24-22(27)17-10-12-26(13-11-17)30(28,29)20-8-6-16-4-3-5-18(16)14-20/h6-9,14-15,17H,3-5,10-13H2,1-2H3,(H,24,27). The highest BCUT2D eigenvalue weighted by Crippen LogP contribution is 2.29. The molecule has 0 spiro atoms. The normalized spacial score (nSPS) is 17.5. The zero-order chi connectivity index (χ0) is 21.3. The van der Waals surface area contributed by atoms with Crippen LogP contribution in [0.1, 0.15) is 30.4 Å². The van der Waals surface area contributed by atoms with Crippen LogP contribution in [-0.4, -0.2) is 50.8 Å². The molecule has 1 amide bonds. The number of benzene rings is 1. The van der Waals surface area contributed by atoms with Crippen LogP contribution in [0.2, 0.25) is 0 Å². The van der Waals surface area contributed by atoms with Gasteiger partial charge < -0.3 is 10.2 Å². The zero-order valence-electron chi connectivity index (χ0n) is 17.5. The molecule has 8 heteroatoms. The second-order valence-electron chi connectivity index (χ2n) is 8.25. The molecule has 2 aliphatic rings. The second-order valence-corrected chi connectivity index (χ2v) is 10.2. The van der Waals surface area contributed by atoms with Crippen LogP contribution in [-0.2, 0) is 27.7 Å². The van der Waals surface area contributed by atoms with Crippen molar-refractivity contribution >= 4 is 27.4 Å². The number of hydrogen-bond acceptors (Lipinski definition) is 5. The van der Waals surface area contributed by atoms with E-state index < -0.39 is 10.0 Å². The minimum Gasteiger partial charge on any atom is -0.363 e. The van der Waals surface area contributed by atoms with Crippen molar-refractivity contribution in [2.24, 2.45) is 5.92 Å². The van der Waals surface area contributed by atoms with E-state index >= 15 is 0 Å². The molecule has 0 saturated carbocycles. The molecule has 1 aromatic heterocycles. The topological polar surface area (TPSA) is 82.6 Å². The molecule has 1 aromatic carbocycles. The summed E-state index contributed by atoms with van der Waals surface area (Å²) in [5.74, 6) is 0.534. The Bertz CT molecular complexity index is 1030. The van der Waals surface area contributed by atoms with Gasteiger partial charge >= 0.3 is 0 Å². The van der Waals surface area contributed by atoms with Crippen molar-refractivity contribution in [2.45, 2.75) is 37.0 Å². The van der Waals surface area contributed by atoms with E-state index in [9.17, 15) is 13.2 Å². The van der Waals surface area contributed by atoms with E-state index in [0.29, 0.717) is 36.5 Å². The summed E-state index contributed by atoms with van der Waals surface area (Å²) in [5.41, 5.74) is 3.07. The molecule has 1 aliphatic heterocycles. The quantitative estimate of drug-likeness (QED) is 0.792. The summed E-state index contributed by atoms with van der Waals surface area (Å²) < 4.78 is 27.6. The number of carbonyl (C=O) groups is 1. The summed E-state index contributed by atoms with van der Waals surface area (Å²) in [6, 6.07) is 9.18. The lowest BCUT2D eigenvalue weighted by Crippen LogP contribution is -2.41. The third kappa shape index (κ3) is 4.20. The van der Waals surface area contributed by atoms with Crippen LogP contribution >= 0.6 is 0 Å². The Balaban J connectivity index is 1.36. The molecule has 0 radical (unpaired) electrons. The fraction of sp³-hybridized carbons (Fsp3) is 0.455. The van der Waals surface area contributed by atoms with Crippen molar-refractivity contribution in [3.63, 3.8) is 0 Å². The van der Waals surface area contributed by atoms with E-state index in [-0.39, 0.29) is 11.8 Å². The molecule has 30 heavy (non-hydrogen) atoms. The fourth-order valence-corrected chi connectivity index (χ4v) is 5.71. The van der Waals surface area contributed by atoms with Gasteiger partial charge in [-0.25, -0.2) is 13.4 Å². The third-order valence-corrected chi connectivity index (χ3v) is 7.90. The molecule has 7 nitrogen and oxygen atoms in total. The number of piperidine rings is 1. The van der Waals surface area contributed by atoms with Gasteiger partial charge in [0.25, 0.3) is 0 Å². The molecule has 0 unspecified atom stereocenters. The van der Waals surface area contributed by atoms with Gasteiger partial charge in [0, 0.05) is 33.1 Å². The molecular formula is C22H28N4O3S. The highest BCUT2D eigenvalue weighted by atomic mass is 32.2. The number of rotatable bonds is 5. The lowest BCUT2D eigenvalue weighted by Gasteiger charge is -2.30. The number of amides is 1. The summed E-state index contributed by atoms with van der Waals surface area (Å²) in [4.78, 5) is 19.2. The van der Waals surface area contributed by atoms with Gasteiger partial charge in [0.1, 0.15) is 5.82 Å². The molecule has 1 aliphatic carbocycles. The van der Waals surface area contributed by atoms with E-state index in [2.05, 4.69) is 10.3 Å². The third-order valence-electron chi connectivity index (χ3n) is 6.01. The molecule has 0 bridgehead atoms. The summed E-state index contributed by atoms with van der Waals surface area (Å²) in [5, 5.41) is 2.90. The molecular weight excluding hydrogens is 400 g/mol. The average Bonchev–Trinajstić information content (AvgIpc) is 3.22. The maximum atomic E-state index is 13.1. The van der Waals surface area contributed by atoms with Crippen LogP contribution in [0.25, 0.3) is 0 Å². The highest BCUT2D eigenvalue weighted by Gasteiger charge is 2.32. The second kappa shape index (κ2) is 8.35. The molecule has 1 saturated heterocycles. The summed E-state index contributed by atoms with van der Waals surface area (Å²) in [7, 11) is 0.298. The van der Waals surface area contributed by atoms with Crippen LogP contribution in [0, 0.1) is 5.92 Å². The molecule has 160 valence electrons. The van der Waals surface area contributed by atoms with E-state index in [1.54, 1.807) is 12.3 Å². The van der Waals surface area contributed by atoms with Crippen molar-refractivity contribution in [3.05, 3.63) is 47.7 Å². The predicted molar refractivity (Wildman–Crippen MR) is 117 cm³/mol. The predicted octanol–water partition coefficient (Wildman–Crippen LogP) is 2.68. The Morgan fingerprint density at radius 3 is 2.50 bits per heavy atom. The van der Waals surface area contributed by atoms with Crippen molar-refractivity contribution in [1.29, 1.82) is 0 Å². The molecule has 2 aromatic rings. The number of fused-ring (bicyclic) bond motifs is 1. The molecule has 1 N–H and O–H groups in total. The minimum atomic E-state index is -3.52. The smallest absolute Gasteiger partial charge is 0.243 e. The van der Waals surface area contributed by atoms with Crippen LogP contribution in [0.3, 0.4) is 0 Å². The first kappa shape index (κ1) is 20.8. The molecule has 0 atom stereocenters. The number of anilines is 2. The van der Waals surface area contributed by atoms with E-state index in [0.717, 1.165) is 30.6 Å². The lowest BCUT2D eigenvalue weighted by atomic mass is 9.97. The zero-order valence-corrected chi connectivity index (χ0v) is 18.3. The van der Waals surface area contributed by atoms with Crippen LogP contribution in [0.5, 0.6) is 0 Å². The largest absolute Gasteiger partial charge is 0.363 e. The maximum absolute atomic E-state index is 13.1. The van der Waals surface area contributed by atoms with Gasteiger partial charge in [0.05, 0.1) is 16.8 Å². The summed E-state index contributed by atoms with van der Waals surface area (Å²) in [6.07, 6.45) is 5.74. The highest BCUT2D eigenvalue weighted by molar-refractivity contribution is 7.89. The Kier molecular flexibility index (Phi) is 5.79. The Morgan fingerprint density at radius 2 is 1.83 bits per heavy atom. The molecule has 4 rings (SSSR count). The number of nitrogens with zero attached hydrogens (tertiary/aromatic N) is 3. The Hall–Kier alpha value is -2.45. The number of pyridine rings is 1. The van der Waals surface area contributed by atoms with E-state index in [4.69, 9.17) is 0 Å². The lowest BCUT2D eigenvalue weighted by molar-refractivity contribution is -0.120.